The second-order valence-corrected chi connectivity index (χ2v) is 7.61. The second-order valence-electron chi connectivity index (χ2n) is 6.30. The van der Waals surface area contributed by atoms with Gasteiger partial charge in [0, 0.05) is 11.7 Å². The lowest BCUT2D eigenvalue weighted by atomic mass is 10.1. The number of aromatic nitrogens is 3. The largest absolute Gasteiger partial charge is 0.461 e. The third-order valence-electron chi connectivity index (χ3n) is 4.48. The zero-order chi connectivity index (χ0) is 18.3. The Morgan fingerprint density at radius 2 is 2.12 bits per heavy atom. The average molecular weight is 369 g/mol. The van der Waals surface area contributed by atoms with Gasteiger partial charge in [0.25, 0.3) is 0 Å². The van der Waals surface area contributed by atoms with Gasteiger partial charge in [-0.1, -0.05) is 30.0 Å². The maximum atomic E-state index is 13.1. The van der Waals surface area contributed by atoms with Crippen LogP contribution in [0.5, 0.6) is 0 Å². The minimum Gasteiger partial charge on any atom is -0.461 e. The molecule has 0 radical (unpaired) electrons. The maximum Gasteiger partial charge on any atom is 0.240 e. The highest BCUT2D eigenvalue weighted by Gasteiger charge is 2.34. The molecular weight excluding hydrogens is 350 g/mol. The van der Waals surface area contributed by atoms with Crippen molar-refractivity contribution < 1.29 is 9.21 Å². The molecule has 8 heteroatoms. The van der Waals surface area contributed by atoms with Crippen LogP contribution in [0.25, 0.3) is 11.6 Å². The summed E-state index contributed by atoms with van der Waals surface area (Å²) in [5.74, 6) is 7.09. The van der Waals surface area contributed by atoms with E-state index in [4.69, 9.17) is 10.3 Å². The molecule has 1 aliphatic heterocycles. The summed E-state index contributed by atoms with van der Waals surface area (Å²) in [6.07, 6.45) is 2.42. The molecule has 7 nitrogen and oxygen atoms in total. The van der Waals surface area contributed by atoms with E-state index in [1.807, 2.05) is 30.0 Å². The summed E-state index contributed by atoms with van der Waals surface area (Å²) < 4.78 is 6.67. The topological polar surface area (TPSA) is 90.2 Å². The number of carbonyl (C=O) groups excluding carboxylic acids is 1. The van der Waals surface area contributed by atoms with E-state index in [1.54, 1.807) is 18.4 Å². The lowest BCUT2D eigenvalue weighted by molar-refractivity contribution is -0.118. The Kier molecular flexibility index (Phi) is 4.20. The number of furan rings is 1. The molecule has 1 amide bonds. The molecule has 0 aliphatic carbocycles. The van der Waals surface area contributed by atoms with Gasteiger partial charge in [0.05, 0.1) is 11.5 Å². The number of hydrogen-bond acceptors (Lipinski definition) is 6. The lowest BCUT2D eigenvalue weighted by Crippen LogP contribution is -2.40. The first-order valence-corrected chi connectivity index (χ1v) is 9.26. The van der Waals surface area contributed by atoms with E-state index in [1.165, 1.54) is 22.0 Å². The Hall–Kier alpha value is -2.74. The minimum absolute atomic E-state index is 0.0370. The monoisotopic (exact) mass is 369 g/mol. The Balaban J connectivity index is 1.54. The first-order valence-electron chi connectivity index (χ1n) is 8.38. The zero-order valence-electron chi connectivity index (χ0n) is 14.5. The molecule has 2 N–H and O–H groups in total. The molecule has 0 bridgehead atoms. The fourth-order valence-electron chi connectivity index (χ4n) is 3.24. The number of fused-ring (bicyclic) bond motifs is 1. The molecule has 0 saturated carbocycles. The van der Waals surface area contributed by atoms with Crippen molar-refractivity contribution in [3.8, 4) is 11.6 Å². The van der Waals surface area contributed by atoms with Gasteiger partial charge >= 0.3 is 0 Å². The number of thioether (sulfide) groups is 1. The van der Waals surface area contributed by atoms with E-state index >= 15 is 0 Å². The molecule has 0 fully saturated rings. The van der Waals surface area contributed by atoms with Crippen LogP contribution in [0.4, 0.5) is 5.69 Å². The fraction of sp³-hybridized carbons (Fsp3) is 0.278. The van der Waals surface area contributed by atoms with Crippen LogP contribution in [0.2, 0.25) is 0 Å². The fourth-order valence-corrected chi connectivity index (χ4v) is 4.06. The van der Waals surface area contributed by atoms with E-state index < -0.39 is 0 Å². The van der Waals surface area contributed by atoms with Crippen molar-refractivity contribution in [3.63, 3.8) is 0 Å². The zero-order valence-corrected chi connectivity index (χ0v) is 15.3. The summed E-state index contributed by atoms with van der Waals surface area (Å²) in [4.78, 5) is 14.9. The number of hydrogen-bond donors (Lipinski definition) is 1. The highest BCUT2D eigenvalue weighted by Crippen LogP contribution is 2.34. The van der Waals surface area contributed by atoms with Crippen LogP contribution < -0.4 is 10.7 Å². The molecule has 3 heterocycles. The van der Waals surface area contributed by atoms with Crippen molar-refractivity contribution in [1.29, 1.82) is 0 Å². The van der Waals surface area contributed by atoms with Crippen molar-refractivity contribution in [2.24, 2.45) is 0 Å². The quantitative estimate of drug-likeness (QED) is 0.562. The number of nitrogen functional groups attached to an aromatic ring is 1. The summed E-state index contributed by atoms with van der Waals surface area (Å²) in [6.45, 7) is 3.93. The summed E-state index contributed by atoms with van der Waals surface area (Å²) in [5, 5.41) is 8.29. The van der Waals surface area contributed by atoms with Gasteiger partial charge in [-0.3, -0.25) is 4.79 Å². The molecule has 1 aromatic carbocycles. The molecule has 2 aromatic heterocycles. The van der Waals surface area contributed by atoms with Gasteiger partial charge in [-0.25, -0.2) is 4.68 Å². The summed E-state index contributed by atoms with van der Waals surface area (Å²) >= 11 is 1.29. The molecule has 3 aromatic rings. The predicted molar refractivity (Wildman–Crippen MR) is 100 cm³/mol. The van der Waals surface area contributed by atoms with Gasteiger partial charge in [0.1, 0.15) is 0 Å². The maximum absolute atomic E-state index is 13.1. The van der Waals surface area contributed by atoms with E-state index in [0.29, 0.717) is 16.7 Å². The van der Waals surface area contributed by atoms with E-state index in [-0.39, 0.29) is 17.2 Å². The van der Waals surface area contributed by atoms with Crippen LogP contribution >= 0.6 is 11.8 Å². The molecule has 134 valence electrons. The number of nitrogens with two attached hydrogens (primary N) is 1. The molecule has 0 unspecified atom stereocenters. The summed E-state index contributed by atoms with van der Waals surface area (Å²) in [6, 6.07) is 11.7. The smallest absolute Gasteiger partial charge is 0.240 e. The van der Waals surface area contributed by atoms with Crippen molar-refractivity contribution in [2.75, 3.05) is 10.7 Å². The Morgan fingerprint density at radius 1 is 1.31 bits per heavy atom. The Bertz CT molecular complexity index is 937. The first kappa shape index (κ1) is 16.7. The number of rotatable bonds is 4. The number of carbonyl (C=O) groups is 1. The van der Waals surface area contributed by atoms with Crippen LogP contribution in [0, 0.1) is 0 Å². The van der Waals surface area contributed by atoms with Crippen molar-refractivity contribution in [1.82, 2.24) is 14.9 Å². The second kappa shape index (κ2) is 6.53. The van der Waals surface area contributed by atoms with Gasteiger partial charge in [-0.05, 0) is 44.0 Å². The molecule has 0 saturated heterocycles. The van der Waals surface area contributed by atoms with Crippen LogP contribution in [-0.2, 0) is 11.2 Å². The molecular formula is C18H19N5O2S. The SMILES string of the molecule is C[C@@H]1Cc2ccccc2N1C(=O)[C@@H](C)Sc1nnc(-c2ccco2)n1N. The van der Waals surface area contributed by atoms with Crippen molar-refractivity contribution in [3.05, 3.63) is 48.2 Å². The van der Waals surface area contributed by atoms with Gasteiger partial charge < -0.3 is 15.2 Å². The lowest BCUT2D eigenvalue weighted by Gasteiger charge is -2.25. The van der Waals surface area contributed by atoms with Gasteiger partial charge in [0.2, 0.25) is 16.9 Å². The Morgan fingerprint density at radius 3 is 2.88 bits per heavy atom. The van der Waals surface area contributed by atoms with Crippen molar-refractivity contribution in [2.45, 2.75) is 36.7 Å². The number of nitrogens with zero attached hydrogens (tertiary/aromatic N) is 4. The molecule has 1 aliphatic rings. The van der Waals surface area contributed by atoms with Crippen LogP contribution in [0.1, 0.15) is 19.4 Å². The van der Waals surface area contributed by atoms with Crippen molar-refractivity contribution >= 4 is 23.4 Å². The average Bonchev–Trinajstić information content (AvgIpc) is 3.33. The predicted octanol–water partition coefficient (Wildman–Crippen LogP) is 2.71. The van der Waals surface area contributed by atoms with Crippen LogP contribution in [0.15, 0.2) is 52.2 Å². The normalized spacial score (nSPS) is 17.3. The molecule has 2 atom stereocenters. The first-order chi connectivity index (χ1) is 12.6. The third kappa shape index (κ3) is 2.76. The number of amides is 1. The molecule has 4 rings (SSSR count). The van der Waals surface area contributed by atoms with Gasteiger partial charge in [-0.2, -0.15) is 0 Å². The summed E-state index contributed by atoms with van der Waals surface area (Å²) in [5.41, 5.74) is 2.19. The third-order valence-corrected chi connectivity index (χ3v) is 5.53. The van der Waals surface area contributed by atoms with Gasteiger partial charge in [-0.15, -0.1) is 10.2 Å². The van der Waals surface area contributed by atoms with E-state index in [2.05, 4.69) is 23.2 Å². The Labute approximate surface area is 155 Å². The molecule has 26 heavy (non-hydrogen) atoms. The number of para-hydroxylation sites is 1. The number of benzene rings is 1. The highest BCUT2D eigenvalue weighted by atomic mass is 32.2. The highest BCUT2D eigenvalue weighted by molar-refractivity contribution is 8.00. The summed E-state index contributed by atoms with van der Waals surface area (Å²) in [7, 11) is 0. The number of anilines is 1. The van der Waals surface area contributed by atoms with E-state index in [0.717, 1.165) is 12.1 Å². The van der Waals surface area contributed by atoms with E-state index in [9.17, 15) is 4.79 Å². The standard InChI is InChI=1S/C18H19N5O2S/c1-11-10-13-6-3-4-7-14(13)22(11)17(24)12(2)26-18-21-20-16(23(18)19)15-8-5-9-25-15/h3-9,11-12H,10,19H2,1-2H3/t11-,12-/m1/s1. The van der Waals surface area contributed by atoms with Crippen LogP contribution in [0.3, 0.4) is 0 Å². The van der Waals surface area contributed by atoms with Gasteiger partial charge in [0.15, 0.2) is 5.76 Å². The molecule has 0 spiro atoms. The minimum atomic E-state index is -0.348. The van der Waals surface area contributed by atoms with Crippen LogP contribution in [-0.4, -0.2) is 32.1 Å².